The van der Waals surface area contributed by atoms with Crippen LogP contribution in [-0.2, 0) is 9.53 Å². The van der Waals surface area contributed by atoms with Gasteiger partial charge >= 0.3 is 5.97 Å². The first-order chi connectivity index (χ1) is 6.83. The summed E-state index contributed by atoms with van der Waals surface area (Å²) >= 11 is 0. The molecule has 0 aliphatic carbocycles. The highest BCUT2D eigenvalue weighted by molar-refractivity contribution is 5.85. The van der Waals surface area contributed by atoms with E-state index in [1.807, 2.05) is 0 Å². The van der Waals surface area contributed by atoms with Crippen LogP contribution in [0.4, 0.5) is 0 Å². The van der Waals surface area contributed by atoms with Gasteiger partial charge in [0.15, 0.2) is 0 Å². The molecule has 16 heavy (non-hydrogen) atoms. The fraction of sp³-hybridized carbons (Fsp3) is 0.900. The van der Waals surface area contributed by atoms with Crippen molar-refractivity contribution in [2.45, 2.75) is 19.8 Å². The summed E-state index contributed by atoms with van der Waals surface area (Å²) in [5, 5.41) is 3.25. The zero-order chi connectivity index (χ0) is 10.2. The van der Waals surface area contributed by atoms with E-state index in [0.717, 1.165) is 39.0 Å². The summed E-state index contributed by atoms with van der Waals surface area (Å²) in [6.07, 6.45) is 2.04. The zero-order valence-electron chi connectivity index (χ0n) is 9.74. The van der Waals surface area contributed by atoms with Crippen molar-refractivity contribution >= 4 is 30.8 Å². The van der Waals surface area contributed by atoms with Crippen LogP contribution < -0.4 is 5.32 Å². The summed E-state index contributed by atoms with van der Waals surface area (Å²) in [6.45, 7) is 6.95. The van der Waals surface area contributed by atoms with Crippen LogP contribution in [-0.4, -0.2) is 50.2 Å². The molecule has 0 atom stereocenters. The summed E-state index contributed by atoms with van der Waals surface area (Å²) in [4.78, 5) is 13.4. The molecule has 1 saturated heterocycles. The Hall–Kier alpha value is -0.0300. The van der Waals surface area contributed by atoms with Gasteiger partial charge in [-0.05, 0) is 6.42 Å². The summed E-state index contributed by atoms with van der Waals surface area (Å²) < 4.78 is 5.08. The maximum atomic E-state index is 11.3. The van der Waals surface area contributed by atoms with Crippen molar-refractivity contribution < 1.29 is 9.53 Å². The average molecular weight is 273 g/mol. The Bertz CT molecular complexity index is 176. The minimum atomic E-state index is -0.0830. The molecule has 0 bridgehead atoms. The molecule has 0 amide bonds. The predicted octanol–water partition coefficient (Wildman–Crippen LogP) is 1.08. The fourth-order valence-corrected chi connectivity index (χ4v) is 1.43. The first kappa shape index (κ1) is 18.3. The van der Waals surface area contributed by atoms with E-state index in [2.05, 4.69) is 17.1 Å². The second-order valence-corrected chi connectivity index (χ2v) is 3.60. The molecule has 0 aromatic heterocycles. The van der Waals surface area contributed by atoms with Crippen molar-refractivity contribution in [2.75, 3.05) is 39.3 Å². The number of esters is 1. The van der Waals surface area contributed by atoms with E-state index >= 15 is 0 Å². The lowest BCUT2D eigenvalue weighted by Gasteiger charge is -2.25. The highest BCUT2D eigenvalue weighted by Gasteiger charge is 2.13. The lowest BCUT2D eigenvalue weighted by molar-refractivity contribution is -0.145. The Morgan fingerprint density at radius 2 is 1.94 bits per heavy atom. The number of unbranched alkanes of at least 4 members (excludes halogenated alkanes) is 1. The van der Waals surface area contributed by atoms with E-state index in [1.54, 1.807) is 0 Å². The van der Waals surface area contributed by atoms with Crippen LogP contribution in [0.25, 0.3) is 0 Å². The molecule has 0 saturated carbocycles. The predicted molar refractivity (Wildman–Crippen MR) is 69.7 cm³/mol. The van der Waals surface area contributed by atoms with Crippen molar-refractivity contribution in [1.82, 2.24) is 10.2 Å². The van der Waals surface area contributed by atoms with Gasteiger partial charge in [-0.1, -0.05) is 13.3 Å². The standard InChI is InChI=1S/C10H20N2O2.2ClH/c1-2-3-8-14-10(13)9-12-6-4-11-5-7-12;;/h11H,2-9H2,1H3;2*1H. The van der Waals surface area contributed by atoms with Crippen molar-refractivity contribution in [1.29, 1.82) is 0 Å². The smallest absolute Gasteiger partial charge is 0.320 e. The van der Waals surface area contributed by atoms with E-state index in [9.17, 15) is 4.79 Å². The van der Waals surface area contributed by atoms with Gasteiger partial charge in [0.2, 0.25) is 0 Å². The fourth-order valence-electron chi connectivity index (χ4n) is 1.43. The topological polar surface area (TPSA) is 41.6 Å². The van der Waals surface area contributed by atoms with Gasteiger partial charge in [0.1, 0.15) is 0 Å². The number of carbonyl (C=O) groups is 1. The molecule has 1 N–H and O–H groups in total. The van der Waals surface area contributed by atoms with Crippen molar-refractivity contribution in [3.8, 4) is 0 Å². The maximum absolute atomic E-state index is 11.3. The Labute approximate surface area is 110 Å². The highest BCUT2D eigenvalue weighted by atomic mass is 35.5. The number of rotatable bonds is 5. The van der Waals surface area contributed by atoms with Crippen LogP contribution >= 0.6 is 24.8 Å². The monoisotopic (exact) mass is 272 g/mol. The summed E-state index contributed by atoms with van der Waals surface area (Å²) in [5.41, 5.74) is 0. The number of nitrogens with zero attached hydrogens (tertiary/aromatic N) is 1. The SMILES string of the molecule is CCCCOC(=O)CN1CCNCC1.Cl.Cl. The first-order valence-corrected chi connectivity index (χ1v) is 5.41. The third-order valence-electron chi connectivity index (χ3n) is 2.32. The van der Waals surface area contributed by atoms with Crippen LogP contribution in [0.2, 0.25) is 0 Å². The quantitative estimate of drug-likeness (QED) is 0.601. The molecule has 0 spiro atoms. The Kier molecular flexibility index (Phi) is 13.1. The Balaban J connectivity index is 0. The van der Waals surface area contributed by atoms with Gasteiger partial charge in [-0.2, -0.15) is 0 Å². The van der Waals surface area contributed by atoms with Crippen LogP contribution in [0.15, 0.2) is 0 Å². The minimum Gasteiger partial charge on any atom is -0.465 e. The zero-order valence-corrected chi connectivity index (χ0v) is 11.4. The largest absolute Gasteiger partial charge is 0.465 e. The lowest BCUT2D eigenvalue weighted by atomic mass is 10.3. The summed E-state index contributed by atoms with van der Waals surface area (Å²) in [7, 11) is 0. The first-order valence-electron chi connectivity index (χ1n) is 5.41. The van der Waals surface area contributed by atoms with Gasteiger partial charge in [-0.15, -0.1) is 24.8 Å². The molecule has 1 heterocycles. The van der Waals surface area contributed by atoms with Crippen LogP contribution in [0.5, 0.6) is 0 Å². The van der Waals surface area contributed by atoms with Gasteiger partial charge in [0.05, 0.1) is 13.2 Å². The highest BCUT2D eigenvalue weighted by Crippen LogP contribution is 1.94. The van der Waals surface area contributed by atoms with E-state index in [4.69, 9.17) is 4.74 Å². The molecule has 0 aromatic rings. The molecule has 0 unspecified atom stereocenters. The van der Waals surface area contributed by atoms with Crippen molar-refractivity contribution in [3.63, 3.8) is 0 Å². The van der Waals surface area contributed by atoms with Crippen LogP contribution in [0.3, 0.4) is 0 Å². The molecule has 98 valence electrons. The minimum absolute atomic E-state index is 0. The molecule has 1 aliphatic rings. The lowest BCUT2D eigenvalue weighted by Crippen LogP contribution is -2.45. The average Bonchev–Trinajstić information content (AvgIpc) is 2.20. The van der Waals surface area contributed by atoms with E-state index < -0.39 is 0 Å². The van der Waals surface area contributed by atoms with E-state index in [1.165, 1.54) is 0 Å². The molecule has 1 aliphatic heterocycles. The number of hydrogen-bond acceptors (Lipinski definition) is 4. The van der Waals surface area contributed by atoms with Gasteiger partial charge in [-0.25, -0.2) is 0 Å². The van der Waals surface area contributed by atoms with Gasteiger partial charge in [-0.3, -0.25) is 9.69 Å². The third-order valence-corrected chi connectivity index (χ3v) is 2.32. The van der Waals surface area contributed by atoms with Gasteiger partial charge < -0.3 is 10.1 Å². The molecule has 1 rings (SSSR count). The summed E-state index contributed by atoms with van der Waals surface area (Å²) in [5.74, 6) is -0.0830. The molecular formula is C10H22Cl2N2O2. The van der Waals surface area contributed by atoms with Crippen molar-refractivity contribution in [3.05, 3.63) is 0 Å². The van der Waals surface area contributed by atoms with E-state index in [-0.39, 0.29) is 30.8 Å². The van der Waals surface area contributed by atoms with Gasteiger partial charge in [0, 0.05) is 26.2 Å². The molecule has 1 fully saturated rings. The number of hydrogen-bond donors (Lipinski definition) is 1. The Morgan fingerprint density at radius 1 is 1.31 bits per heavy atom. The van der Waals surface area contributed by atoms with E-state index in [0.29, 0.717) is 13.2 Å². The normalized spacial score (nSPS) is 15.8. The molecule has 4 nitrogen and oxygen atoms in total. The van der Waals surface area contributed by atoms with Gasteiger partial charge in [0.25, 0.3) is 0 Å². The third kappa shape index (κ3) is 8.16. The second kappa shape index (κ2) is 11.5. The van der Waals surface area contributed by atoms with Crippen molar-refractivity contribution in [2.24, 2.45) is 0 Å². The number of carbonyl (C=O) groups excluding carboxylic acids is 1. The summed E-state index contributed by atoms with van der Waals surface area (Å²) in [6, 6.07) is 0. The van der Waals surface area contributed by atoms with Crippen LogP contribution in [0, 0.1) is 0 Å². The van der Waals surface area contributed by atoms with Crippen LogP contribution in [0.1, 0.15) is 19.8 Å². The number of ether oxygens (including phenoxy) is 1. The number of halogens is 2. The number of nitrogens with one attached hydrogen (secondary N) is 1. The molecule has 0 aromatic carbocycles. The number of piperazine rings is 1. The molecule has 6 heteroatoms. The molecular weight excluding hydrogens is 251 g/mol. The Morgan fingerprint density at radius 3 is 2.50 bits per heavy atom. The molecule has 0 radical (unpaired) electrons. The second-order valence-electron chi connectivity index (χ2n) is 3.60. The maximum Gasteiger partial charge on any atom is 0.320 e.